The Hall–Kier alpha value is -2.49. The maximum Gasteiger partial charge on any atom is 0.413 e. The number of rotatable bonds is 4. The summed E-state index contributed by atoms with van der Waals surface area (Å²) >= 11 is 0. The van der Waals surface area contributed by atoms with Crippen molar-refractivity contribution < 1.29 is 17.9 Å². The van der Waals surface area contributed by atoms with E-state index in [4.69, 9.17) is 4.74 Å². The molecule has 1 N–H and O–H groups in total. The van der Waals surface area contributed by atoms with E-state index >= 15 is 0 Å². The van der Waals surface area contributed by atoms with E-state index in [9.17, 15) is 13.2 Å². The SMILES string of the molecule is CCS(=O)(=O)c1c(NC(=O)OC(C)(C)C)nc(-c2ncccn2)n1C. The highest BCUT2D eigenvalue weighted by Crippen LogP contribution is 2.27. The number of ether oxygens (including phenoxy) is 1. The van der Waals surface area contributed by atoms with E-state index in [1.54, 1.807) is 26.8 Å². The van der Waals surface area contributed by atoms with Crippen LogP contribution in [0.2, 0.25) is 0 Å². The van der Waals surface area contributed by atoms with E-state index in [0.29, 0.717) is 0 Å². The number of amides is 1. The predicted octanol–water partition coefficient (Wildman–Crippen LogP) is 2.02. The zero-order valence-electron chi connectivity index (χ0n) is 14.8. The van der Waals surface area contributed by atoms with Crippen LogP contribution in [0.15, 0.2) is 23.5 Å². The van der Waals surface area contributed by atoms with Crippen molar-refractivity contribution in [3.8, 4) is 11.6 Å². The van der Waals surface area contributed by atoms with E-state index in [2.05, 4.69) is 20.3 Å². The maximum atomic E-state index is 12.5. The first-order valence-electron chi connectivity index (χ1n) is 7.62. The van der Waals surface area contributed by atoms with Crippen molar-refractivity contribution in [1.29, 1.82) is 0 Å². The van der Waals surface area contributed by atoms with Gasteiger partial charge in [0, 0.05) is 19.4 Å². The van der Waals surface area contributed by atoms with Gasteiger partial charge in [0.1, 0.15) is 5.60 Å². The van der Waals surface area contributed by atoms with E-state index in [1.165, 1.54) is 30.9 Å². The highest BCUT2D eigenvalue weighted by molar-refractivity contribution is 7.91. The molecule has 0 aliphatic rings. The standard InChI is InChI=1S/C15H21N5O4S/c1-6-25(22,23)13-11(19-14(21)24-15(2,3)4)18-12(20(13)5)10-16-8-7-9-17-10/h7-9H,6H2,1-5H3,(H,19,21). The van der Waals surface area contributed by atoms with E-state index in [-0.39, 0.29) is 28.2 Å². The Balaban J connectivity index is 2.53. The fourth-order valence-corrected chi connectivity index (χ4v) is 3.24. The average molecular weight is 367 g/mol. The molecule has 0 spiro atoms. The monoisotopic (exact) mass is 367 g/mol. The van der Waals surface area contributed by atoms with Crippen LogP contribution in [0.3, 0.4) is 0 Å². The second-order valence-electron chi connectivity index (χ2n) is 6.25. The number of nitrogens with zero attached hydrogens (tertiary/aromatic N) is 4. The van der Waals surface area contributed by atoms with Crippen LogP contribution >= 0.6 is 0 Å². The number of hydrogen-bond donors (Lipinski definition) is 1. The van der Waals surface area contributed by atoms with Gasteiger partial charge in [-0.3, -0.25) is 5.32 Å². The molecule has 2 aromatic rings. The van der Waals surface area contributed by atoms with Crippen molar-refractivity contribution >= 4 is 21.7 Å². The average Bonchev–Trinajstić information content (AvgIpc) is 2.83. The third kappa shape index (κ3) is 4.32. The lowest BCUT2D eigenvalue weighted by Crippen LogP contribution is -2.28. The summed E-state index contributed by atoms with van der Waals surface area (Å²) < 4.78 is 31.4. The maximum absolute atomic E-state index is 12.5. The van der Waals surface area contributed by atoms with Crippen LogP contribution in [0, 0.1) is 0 Å². The number of sulfone groups is 1. The van der Waals surface area contributed by atoms with Gasteiger partial charge in [0.2, 0.25) is 0 Å². The third-order valence-electron chi connectivity index (χ3n) is 3.10. The number of anilines is 1. The summed E-state index contributed by atoms with van der Waals surface area (Å²) in [6.07, 6.45) is 2.25. The molecule has 2 aromatic heterocycles. The minimum absolute atomic E-state index is 0.110. The van der Waals surface area contributed by atoms with Crippen LogP contribution < -0.4 is 5.32 Å². The predicted molar refractivity (Wildman–Crippen MR) is 91.8 cm³/mol. The fourth-order valence-electron chi connectivity index (χ4n) is 2.07. The third-order valence-corrected chi connectivity index (χ3v) is 4.92. The molecule has 0 saturated carbocycles. The molecule has 0 atom stereocenters. The van der Waals surface area contributed by atoms with Gasteiger partial charge in [0.15, 0.2) is 32.3 Å². The lowest BCUT2D eigenvalue weighted by atomic mass is 10.2. The molecule has 25 heavy (non-hydrogen) atoms. The molecule has 9 nitrogen and oxygen atoms in total. The summed E-state index contributed by atoms with van der Waals surface area (Å²) in [7, 11) is -2.13. The number of carbonyl (C=O) groups excluding carboxylic acids is 1. The van der Waals surface area contributed by atoms with Gasteiger partial charge in [-0.2, -0.15) is 0 Å². The lowest BCUT2D eigenvalue weighted by molar-refractivity contribution is 0.0635. The van der Waals surface area contributed by atoms with Crippen LogP contribution in [0.4, 0.5) is 10.6 Å². The van der Waals surface area contributed by atoms with Gasteiger partial charge in [-0.05, 0) is 26.8 Å². The van der Waals surface area contributed by atoms with Gasteiger partial charge >= 0.3 is 6.09 Å². The van der Waals surface area contributed by atoms with Gasteiger partial charge in [-0.1, -0.05) is 6.92 Å². The molecule has 10 heteroatoms. The minimum Gasteiger partial charge on any atom is -0.444 e. The Kier molecular flexibility index (Phi) is 5.12. The summed E-state index contributed by atoms with van der Waals surface area (Å²) in [5.41, 5.74) is -0.728. The summed E-state index contributed by atoms with van der Waals surface area (Å²) in [5, 5.41) is 2.29. The van der Waals surface area contributed by atoms with Gasteiger partial charge < -0.3 is 9.30 Å². The van der Waals surface area contributed by atoms with Crippen molar-refractivity contribution in [1.82, 2.24) is 19.5 Å². The number of aromatic nitrogens is 4. The molecule has 0 unspecified atom stereocenters. The van der Waals surface area contributed by atoms with Gasteiger partial charge in [0.25, 0.3) is 0 Å². The Morgan fingerprint density at radius 1 is 1.28 bits per heavy atom. The van der Waals surface area contributed by atoms with Crippen molar-refractivity contribution in [3.05, 3.63) is 18.5 Å². The molecule has 0 aromatic carbocycles. The molecule has 0 radical (unpaired) electrons. The quantitative estimate of drug-likeness (QED) is 0.878. The van der Waals surface area contributed by atoms with Crippen LogP contribution in [0.25, 0.3) is 11.6 Å². The van der Waals surface area contributed by atoms with E-state index in [0.717, 1.165) is 0 Å². The zero-order valence-corrected chi connectivity index (χ0v) is 15.6. The topological polar surface area (TPSA) is 116 Å². The number of imidazole rings is 1. The molecule has 0 fully saturated rings. The molecule has 0 aliphatic heterocycles. The fraction of sp³-hybridized carbons (Fsp3) is 0.467. The van der Waals surface area contributed by atoms with Crippen LogP contribution in [-0.2, 0) is 21.6 Å². The zero-order chi connectivity index (χ0) is 18.8. The molecule has 136 valence electrons. The van der Waals surface area contributed by atoms with E-state index in [1.807, 2.05) is 0 Å². The molecule has 2 rings (SSSR count). The van der Waals surface area contributed by atoms with Crippen LogP contribution in [0.5, 0.6) is 0 Å². The highest BCUT2D eigenvalue weighted by Gasteiger charge is 2.29. The summed E-state index contributed by atoms with van der Waals surface area (Å²) in [5.74, 6) is 0.208. The molecule has 0 aliphatic carbocycles. The first-order valence-corrected chi connectivity index (χ1v) is 9.27. The van der Waals surface area contributed by atoms with Crippen molar-refractivity contribution in [3.63, 3.8) is 0 Å². The largest absolute Gasteiger partial charge is 0.444 e. The molecular formula is C15H21N5O4S. The summed E-state index contributed by atoms with van der Waals surface area (Å²) in [6.45, 7) is 6.63. The smallest absolute Gasteiger partial charge is 0.413 e. The van der Waals surface area contributed by atoms with Crippen molar-refractivity contribution in [2.45, 2.75) is 38.3 Å². The number of carbonyl (C=O) groups is 1. The first-order chi connectivity index (χ1) is 11.5. The number of hydrogen-bond acceptors (Lipinski definition) is 7. The molecule has 1 amide bonds. The van der Waals surface area contributed by atoms with Crippen molar-refractivity contribution in [2.24, 2.45) is 7.05 Å². The second kappa shape index (κ2) is 6.79. The Morgan fingerprint density at radius 2 is 1.88 bits per heavy atom. The second-order valence-corrected chi connectivity index (χ2v) is 8.44. The molecule has 0 bridgehead atoms. The van der Waals surface area contributed by atoms with Gasteiger partial charge in [-0.25, -0.2) is 28.2 Å². The highest BCUT2D eigenvalue weighted by atomic mass is 32.2. The van der Waals surface area contributed by atoms with Crippen LogP contribution in [-0.4, -0.2) is 45.4 Å². The van der Waals surface area contributed by atoms with E-state index < -0.39 is 21.5 Å². The van der Waals surface area contributed by atoms with Gasteiger partial charge in [0.05, 0.1) is 5.75 Å². The summed E-state index contributed by atoms with van der Waals surface area (Å²) in [6, 6.07) is 1.63. The Labute approximate surface area is 146 Å². The van der Waals surface area contributed by atoms with Crippen LogP contribution in [0.1, 0.15) is 27.7 Å². The summed E-state index contributed by atoms with van der Waals surface area (Å²) in [4.78, 5) is 24.4. The van der Waals surface area contributed by atoms with Crippen molar-refractivity contribution in [2.75, 3.05) is 11.1 Å². The normalized spacial score (nSPS) is 12.0. The Morgan fingerprint density at radius 3 is 2.40 bits per heavy atom. The first kappa shape index (κ1) is 18.8. The van der Waals surface area contributed by atoms with Gasteiger partial charge in [-0.15, -0.1) is 0 Å². The minimum atomic E-state index is -3.66. The molecule has 0 saturated heterocycles. The molecular weight excluding hydrogens is 346 g/mol. The Bertz CT molecular complexity index is 869. The lowest BCUT2D eigenvalue weighted by Gasteiger charge is -2.19. The molecule has 2 heterocycles. The number of nitrogens with one attached hydrogen (secondary N) is 1.